The first kappa shape index (κ1) is 17.2. The normalized spacial score (nSPS) is 20.2. The highest BCUT2D eigenvalue weighted by molar-refractivity contribution is 5.93. The van der Waals surface area contributed by atoms with Gasteiger partial charge in [-0.1, -0.05) is 30.3 Å². The molecule has 2 aliphatic rings. The molecule has 1 aromatic carbocycles. The van der Waals surface area contributed by atoms with Crippen molar-refractivity contribution in [3.05, 3.63) is 59.7 Å². The van der Waals surface area contributed by atoms with E-state index in [4.69, 9.17) is 0 Å². The molecule has 4 rings (SSSR count). The van der Waals surface area contributed by atoms with Crippen molar-refractivity contribution in [1.29, 1.82) is 0 Å². The third-order valence-electron chi connectivity index (χ3n) is 5.33. The van der Waals surface area contributed by atoms with Crippen molar-refractivity contribution in [1.82, 2.24) is 20.2 Å². The van der Waals surface area contributed by atoms with Crippen LogP contribution in [0.15, 0.2) is 42.7 Å². The molecule has 1 unspecified atom stereocenters. The van der Waals surface area contributed by atoms with E-state index in [9.17, 15) is 4.79 Å². The van der Waals surface area contributed by atoms with Gasteiger partial charge in [-0.2, -0.15) is 0 Å². The number of carbonyl (C=O) groups excluding carboxylic acids is 1. The number of nitrogens with one attached hydrogen (secondary N) is 1. The number of aromatic nitrogens is 2. The minimum absolute atomic E-state index is 0.0634. The van der Waals surface area contributed by atoms with Crippen LogP contribution in [0.25, 0.3) is 0 Å². The maximum atomic E-state index is 12.2. The van der Waals surface area contributed by atoms with Gasteiger partial charge < -0.3 is 5.32 Å². The zero-order valence-electron chi connectivity index (χ0n) is 15.1. The molecule has 1 aliphatic heterocycles. The fraction of sp³-hybridized carbons (Fsp3) is 0.476. The Morgan fingerprint density at radius 2 is 1.88 bits per heavy atom. The summed E-state index contributed by atoms with van der Waals surface area (Å²) in [6.07, 6.45) is 7.91. The van der Waals surface area contributed by atoms with Crippen LogP contribution in [0.2, 0.25) is 0 Å². The monoisotopic (exact) mass is 350 g/mol. The van der Waals surface area contributed by atoms with Crippen molar-refractivity contribution in [2.75, 3.05) is 19.6 Å². The number of benzene rings is 1. The van der Waals surface area contributed by atoms with E-state index in [2.05, 4.69) is 50.5 Å². The van der Waals surface area contributed by atoms with Crippen LogP contribution >= 0.6 is 0 Å². The predicted octanol–water partition coefficient (Wildman–Crippen LogP) is 3.00. The number of nitrogens with zero attached hydrogens (tertiary/aromatic N) is 3. The Hall–Kier alpha value is -2.27. The maximum Gasteiger partial charge on any atom is 0.254 e. The first-order valence-corrected chi connectivity index (χ1v) is 9.64. The number of amides is 1. The number of likely N-dealkylation sites (tertiary alicyclic amines) is 1. The van der Waals surface area contributed by atoms with E-state index in [0.717, 1.165) is 31.9 Å². The summed E-state index contributed by atoms with van der Waals surface area (Å²) in [4.78, 5) is 23.4. The smallest absolute Gasteiger partial charge is 0.254 e. The zero-order chi connectivity index (χ0) is 17.8. The molecule has 0 spiro atoms. The molecule has 5 heteroatoms. The van der Waals surface area contributed by atoms with Gasteiger partial charge in [0.2, 0.25) is 0 Å². The van der Waals surface area contributed by atoms with Crippen LogP contribution in [-0.4, -0.2) is 40.4 Å². The SMILES string of the molecule is O=C(NCCC1CCN(Cc2ccccc2)C1)c1cnc(C2CC2)nc1. The van der Waals surface area contributed by atoms with Gasteiger partial charge in [-0.05, 0) is 43.7 Å². The quantitative estimate of drug-likeness (QED) is 0.834. The van der Waals surface area contributed by atoms with Crippen LogP contribution in [0.4, 0.5) is 0 Å². The number of rotatable bonds is 7. The first-order chi connectivity index (χ1) is 12.8. The minimum Gasteiger partial charge on any atom is -0.352 e. The molecule has 1 amide bonds. The first-order valence-electron chi connectivity index (χ1n) is 9.64. The van der Waals surface area contributed by atoms with Crippen LogP contribution in [0.1, 0.15) is 53.3 Å². The van der Waals surface area contributed by atoms with Crippen molar-refractivity contribution in [2.24, 2.45) is 5.92 Å². The molecule has 2 heterocycles. The summed E-state index contributed by atoms with van der Waals surface area (Å²) in [7, 11) is 0. The second-order valence-electron chi connectivity index (χ2n) is 7.52. The molecule has 0 radical (unpaired) electrons. The van der Waals surface area contributed by atoms with Crippen molar-refractivity contribution < 1.29 is 4.79 Å². The van der Waals surface area contributed by atoms with Gasteiger partial charge in [-0.15, -0.1) is 0 Å². The second kappa shape index (κ2) is 7.96. The Labute approximate surface area is 154 Å². The summed E-state index contributed by atoms with van der Waals surface area (Å²) in [5.41, 5.74) is 1.93. The van der Waals surface area contributed by atoms with Gasteiger partial charge >= 0.3 is 0 Å². The van der Waals surface area contributed by atoms with Crippen LogP contribution in [0, 0.1) is 5.92 Å². The highest BCUT2D eigenvalue weighted by Gasteiger charge is 2.26. The largest absolute Gasteiger partial charge is 0.352 e. The van der Waals surface area contributed by atoms with Crippen molar-refractivity contribution in [3.63, 3.8) is 0 Å². The lowest BCUT2D eigenvalue weighted by atomic mass is 10.1. The standard InChI is InChI=1S/C21H26N4O/c26-21(19-12-23-20(24-13-19)18-6-7-18)22-10-8-17-9-11-25(15-17)14-16-4-2-1-3-5-16/h1-5,12-13,17-18H,6-11,14-15H2,(H,22,26). The summed E-state index contributed by atoms with van der Waals surface area (Å²) in [6, 6.07) is 10.6. The van der Waals surface area contributed by atoms with Crippen molar-refractivity contribution in [2.45, 2.75) is 38.1 Å². The Kier molecular flexibility index (Phi) is 5.25. The average Bonchev–Trinajstić information content (AvgIpc) is 3.44. The summed E-state index contributed by atoms with van der Waals surface area (Å²) >= 11 is 0. The van der Waals surface area contributed by atoms with E-state index in [1.807, 2.05) is 0 Å². The molecule has 5 nitrogen and oxygen atoms in total. The highest BCUT2D eigenvalue weighted by atomic mass is 16.1. The lowest BCUT2D eigenvalue weighted by molar-refractivity contribution is 0.0950. The zero-order valence-corrected chi connectivity index (χ0v) is 15.1. The number of carbonyl (C=O) groups is 1. The lowest BCUT2D eigenvalue weighted by Crippen LogP contribution is -2.27. The molecule has 1 atom stereocenters. The average molecular weight is 350 g/mol. The fourth-order valence-corrected chi connectivity index (χ4v) is 3.63. The van der Waals surface area contributed by atoms with Gasteiger partial charge in [0.05, 0.1) is 5.56 Å². The molecule has 0 bridgehead atoms. The minimum atomic E-state index is -0.0634. The van der Waals surface area contributed by atoms with E-state index in [1.54, 1.807) is 12.4 Å². The third kappa shape index (κ3) is 4.47. The van der Waals surface area contributed by atoms with Gasteiger partial charge in [0.25, 0.3) is 5.91 Å². The highest BCUT2D eigenvalue weighted by Crippen LogP contribution is 2.37. The van der Waals surface area contributed by atoms with Gasteiger partial charge in [0.15, 0.2) is 0 Å². The van der Waals surface area contributed by atoms with Crippen molar-refractivity contribution in [3.8, 4) is 0 Å². The molecule has 2 fully saturated rings. The van der Waals surface area contributed by atoms with Gasteiger partial charge in [0, 0.05) is 37.9 Å². The molecular weight excluding hydrogens is 324 g/mol. The molecule has 26 heavy (non-hydrogen) atoms. The molecule has 2 aromatic rings. The van der Waals surface area contributed by atoms with Crippen LogP contribution in [0.5, 0.6) is 0 Å². The second-order valence-corrected chi connectivity index (χ2v) is 7.52. The van der Waals surface area contributed by atoms with Gasteiger partial charge in [-0.3, -0.25) is 9.69 Å². The molecule has 1 N–H and O–H groups in total. The maximum absolute atomic E-state index is 12.2. The van der Waals surface area contributed by atoms with E-state index < -0.39 is 0 Å². The van der Waals surface area contributed by atoms with Crippen LogP contribution in [-0.2, 0) is 6.54 Å². The Balaban J connectivity index is 1.18. The van der Waals surface area contributed by atoms with Crippen LogP contribution < -0.4 is 5.32 Å². The van der Waals surface area contributed by atoms with Gasteiger partial charge in [0.1, 0.15) is 5.82 Å². The van der Waals surface area contributed by atoms with Crippen molar-refractivity contribution >= 4 is 5.91 Å². The molecule has 136 valence electrons. The molecule has 1 saturated carbocycles. The summed E-state index contributed by atoms with van der Waals surface area (Å²) in [6.45, 7) is 4.00. The van der Waals surface area contributed by atoms with E-state index in [0.29, 0.717) is 23.9 Å². The van der Waals surface area contributed by atoms with E-state index >= 15 is 0 Å². The van der Waals surface area contributed by atoms with E-state index in [1.165, 1.54) is 24.8 Å². The van der Waals surface area contributed by atoms with Crippen LogP contribution in [0.3, 0.4) is 0 Å². The topological polar surface area (TPSA) is 58.1 Å². The molecule has 1 aliphatic carbocycles. The Morgan fingerprint density at radius 3 is 2.62 bits per heavy atom. The number of hydrogen-bond donors (Lipinski definition) is 1. The predicted molar refractivity (Wildman–Crippen MR) is 101 cm³/mol. The Bertz CT molecular complexity index is 727. The summed E-state index contributed by atoms with van der Waals surface area (Å²) < 4.78 is 0. The third-order valence-corrected chi connectivity index (χ3v) is 5.33. The summed E-state index contributed by atoms with van der Waals surface area (Å²) in [5.74, 6) is 2.00. The van der Waals surface area contributed by atoms with Gasteiger partial charge in [-0.25, -0.2) is 9.97 Å². The molecular formula is C21H26N4O. The molecule has 1 aromatic heterocycles. The molecule has 1 saturated heterocycles. The van der Waals surface area contributed by atoms with E-state index in [-0.39, 0.29) is 5.91 Å². The lowest BCUT2D eigenvalue weighted by Gasteiger charge is -2.16. The fourth-order valence-electron chi connectivity index (χ4n) is 3.63. The summed E-state index contributed by atoms with van der Waals surface area (Å²) in [5, 5.41) is 3.02. The Morgan fingerprint density at radius 1 is 1.12 bits per heavy atom. The number of hydrogen-bond acceptors (Lipinski definition) is 4.